The second kappa shape index (κ2) is 9.02. The third kappa shape index (κ3) is 3.80. The fraction of sp³-hybridized carbons (Fsp3) is 0.345. The Bertz CT molecular complexity index is 1770. The molecule has 0 atom stereocenters. The van der Waals surface area contributed by atoms with Crippen LogP contribution in [0.2, 0.25) is 0 Å². The summed E-state index contributed by atoms with van der Waals surface area (Å²) in [5, 5.41) is 3.73. The Morgan fingerprint density at radius 2 is 1.93 bits per heavy atom. The van der Waals surface area contributed by atoms with Crippen LogP contribution in [0.15, 0.2) is 53.5 Å². The number of carbonyl (C=O) groups is 1. The summed E-state index contributed by atoms with van der Waals surface area (Å²) in [6.45, 7) is 6.27. The van der Waals surface area contributed by atoms with Gasteiger partial charge < -0.3 is 10.1 Å². The van der Waals surface area contributed by atoms with Crippen molar-refractivity contribution >= 4 is 34.4 Å². The van der Waals surface area contributed by atoms with Gasteiger partial charge in [-0.1, -0.05) is 18.2 Å². The highest BCUT2D eigenvalue weighted by Gasteiger charge is 2.32. The summed E-state index contributed by atoms with van der Waals surface area (Å²) < 4.78 is 8.92. The van der Waals surface area contributed by atoms with E-state index in [2.05, 4.69) is 48.2 Å². The Balaban J connectivity index is 1.35. The van der Waals surface area contributed by atoms with Gasteiger partial charge >= 0.3 is 0 Å². The van der Waals surface area contributed by atoms with E-state index in [0.29, 0.717) is 53.9 Å². The maximum atomic E-state index is 13.5. The van der Waals surface area contributed by atoms with Gasteiger partial charge in [-0.05, 0) is 69.1 Å². The van der Waals surface area contributed by atoms with Crippen molar-refractivity contribution in [3.05, 3.63) is 70.2 Å². The van der Waals surface area contributed by atoms with Gasteiger partial charge in [0, 0.05) is 30.5 Å². The van der Waals surface area contributed by atoms with E-state index in [1.54, 1.807) is 32.6 Å². The molecule has 0 spiro atoms. The number of nitrogens with zero attached hydrogens (tertiary/aromatic N) is 7. The molecule has 1 aromatic carbocycles. The highest BCUT2D eigenvalue weighted by molar-refractivity contribution is 5.96. The fourth-order valence-electron chi connectivity index (χ4n) is 5.74. The number of pyridine rings is 1. The first-order chi connectivity index (χ1) is 19.3. The van der Waals surface area contributed by atoms with Gasteiger partial charge in [0.05, 0.1) is 6.54 Å². The van der Waals surface area contributed by atoms with Gasteiger partial charge in [-0.25, -0.2) is 19.3 Å². The van der Waals surface area contributed by atoms with Gasteiger partial charge in [0.1, 0.15) is 5.39 Å². The van der Waals surface area contributed by atoms with Crippen LogP contribution in [-0.4, -0.2) is 61.9 Å². The third-order valence-corrected chi connectivity index (χ3v) is 8.29. The summed E-state index contributed by atoms with van der Waals surface area (Å²) in [6, 6.07) is 9.93. The molecule has 3 aromatic heterocycles. The van der Waals surface area contributed by atoms with Crippen molar-refractivity contribution in [3.8, 4) is 11.6 Å². The Morgan fingerprint density at radius 1 is 1.05 bits per heavy atom. The highest BCUT2D eigenvalue weighted by atomic mass is 16.5. The molecule has 1 amide bonds. The van der Waals surface area contributed by atoms with Crippen molar-refractivity contribution in [2.45, 2.75) is 38.8 Å². The van der Waals surface area contributed by atoms with Gasteiger partial charge in [-0.15, -0.1) is 0 Å². The minimum absolute atomic E-state index is 0.0205. The molecular weight excluding hydrogens is 508 g/mol. The lowest BCUT2D eigenvalue weighted by molar-refractivity contribution is -0.121. The average Bonchev–Trinajstić information content (AvgIpc) is 3.20. The van der Waals surface area contributed by atoms with Crippen LogP contribution in [0.1, 0.15) is 31.4 Å². The van der Waals surface area contributed by atoms with E-state index in [0.717, 1.165) is 18.7 Å². The number of hydrogen-bond donors (Lipinski definition) is 1. The summed E-state index contributed by atoms with van der Waals surface area (Å²) in [6.07, 6.45) is 7.10. The number of hydrogen-bond acceptors (Lipinski definition) is 8. The molecule has 0 aliphatic carbocycles. The van der Waals surface area contributed by atoms with E-state index < -0.39 is 0 Å². The quantitative estimate of drug-likeness (QED) is 0.388. The van der Waals surface area contributed by atoms with Gasteiger partial charge in [0.15, 0.2) is 29.6 Å². The molecule has 7 rings (SSSR count). The first-order valence-corrected chi connectivity index (χ1v) is 13.5. The summed E-state index contributed by atoms with van der Waals surface area (Å²) in [4.78, 5) is 44.2. The van der Waals surface area contributed by atoms with Gasteiger partial charge in [-0.2, -0.15) is 4.98 Å². The molecule has 4 aromatic rings. The molecule has 40 heavy (non-hydrogen) atoms. The lowest BCUT2D eigenvalue weighted by Gasteiger charge is -2.41. The molecule has 2 bridgehead atoms. The molecular formula is C29H30N8O3. The number of likely N-dealkylation sites (N-methyl/N-ethyl adjacent to an activating group) is 1. The predicted molar refractivity (Wildman–Crippen MR) is 152 cm³/mol. The molecule has 0 fully saturated rings. The zero-order valence-electron chi connectivity index (χ0n) is 22.7. The summed E-state index contributed by atoms with van der Waals surface area (Å²) in [5.74, 6) is 1.67. The minimum Gasteiger partial charge on any atom is -0.480 e. The van der Waals surface area contributed by atoms with Crippen LogP contribution in [-0.2, 0) is 23.3 Å². The van der Waals surface area contributed by atoms with Crippen LogP contribution in [0.3, 0.4) is 0 Å². The van der Waals surface area contributed by atoms with E-state index in [1.165, 1.54) is 11.1 Å². The minimum atomic E-state index is -0.215. The molecule has 0 unspecified atom stereocenters. The molecule has 204 valence electrons. The number of fused-ring (bicyclic) bond motifs is 6. The molecule has 0 radical (unpaired) electrons. The van der Waals surface area contributed by atoms with Crippen molar-refractivity contribution < 1.29 is 9.53 Å². The maximum Gasteiger partial charge on any atom is 0.278 e. The van der Waals surface area contributed by atoms with Crippen molar-refractivity contribution in [3.63, 3.8) is 0 Å². The van der Waals surface area contributed by atoms with Crippen LogP contribution in [0.4, 0.5) is 17.5 Å². The number of amides is 1. The number of nitrogens with one attached hydrogen (secondary N) is 1. The predicted octanol–water partition coefficient (Wildman–Crippen LogP) is 3.13. The zero-order valence-corrected chi connectivity index (χ0v) is 22.7. The van der Waals surface area contributed by atoms with Crippen LogP contribution in [0.25, 0.3) is 16.9 Å². The molecule has 3 aliphatic rings. The SMILES string of the molecule is CN1CCc2ccc(Nc3ncc4c(=O)n5n(c4n3)-c3ccc4c(n3)N(CC/C=C/C5)C(=O)CO4)cc2C1(C)C. The topological polar surface area (TPSA) is 110 Å². The standard InChI is InChI=1S/C29H30N8O3/c1-29(2)21-15-19(8-7-18(21)11-14-34(29)3)31-28-30-16-20-25(33-28)37-23-10-9-22-26(32-23)35(24(38)17-40-22)12-5-4-6-13-36(37)27(20)39/h4,6-10,15-16H,5,11-14,17H2,1-3H3,(H,30,31,33)/b6-4+. The second-order valence-corrected chi connectivity index (χ2v) is 10.9. The Kier molecular flexibility index (Phi) is 5.53. The monoisotopic (exact) mass is 538 g/mol. The normalized spacial score (nSPS) is 18.9. The third-order valence-electron chi connectivity index (χ3n) is 8.29. The zero-order chi connectivity index (χ0) is 27.6. The Labute approximate surface area is 230 Å². The van der Waals surface area contributed by atoms with Gasteiger partial charge in [0.2, 0.25) is 5.95 Å². The Hall–Kier alpha value is -4.51. The second-order valence-electron chi connectivity index (χ2n) is 10.9. The summed E-state index contributed by atoms with van der Waals surface area (Å²) in [5.41, 5.74) is 3.61. The first kappa shape index (κ1) is 24.5. The number of aromatic nitrogens is 5. The van der Waals surface area contributed by atoms with Crippen LogP contribution < -0.4 is 20.5 Å². The van der Waals surface area contributed by atoms with Crippen molar-refractivity contribution in [1.82, 2.24) is 29.2 Å². The van der Waals surface area contributed by atoms with E-state index in [4.69, 9.17) is 14.7 Å². The van der Waals surface area contributed by atoms with E-state index in [-0.39, 0.29) is 23.6 Å². The largest absolute Gasteiger partial charge is 0.480 e. The number of ether oxygens (including phenoxy) is 1. The smallest absolute Gasteiger partial charge is 0.278 e. The molecule has 0 saturated heterocycles. The molecule has 6 heterocycles. The van der Waals surface area contributed by atoms with Crippen molar-refractivity contribution in [2.24, 2.45) is 0 Å². The first-order valence-electron chi connectivity index (χ1n) is 13.5. The average molecular weight is 539 g/mol. The van der Waals surface area contributed by atoms with E-state index in [9.17, 15) is 9.59 Å². The Morgan fingerprint density at radius 3 is 2.80 bits per heavy atom. The van der Waals surface area contributed by atoms with Crippen LogP contribution in [0, 0.1) is 0 Å². The van der Waals surface area contributed by atoms with E-state index >= 15 is 0 Å². The number of allylic oxidation sites excluding steroid dienone is 1. The number of anilines is 3. The fourth-order valence-corrected chi connectivity index (χ4v) is 5.74. The molecule has 0 saturated carbocycles. The lowest BCUT2D eigenvalue weighted by atomic mass is 9.83. The van der Waals surface area contributed by atoms with Crippen LogP contribution in [0.5, 0.6) is 5.75 Å². The number of rotatable bonds is 2. The van der Waals surface area contributed by atoms with E-state index in [1.807, 2.05) is 18.2 Å². The molecule has 11 nitrogen and oxygen atoms in total. The maximum absolute atomic E-state index is 13.5. The van der Waals surface area contributed by atoms with Crippen molar-refractivity contribution in [1.29, 1.82) is 0 Å². The van der Waals surface area contributed by atoms with Gasteiger partial charge in [0.25, 0.3) is 11.5 Å². The highest BCUT2D eigenvalue weighted by Crippen LogP contribution is 2.36. The van der Waals surface area contributed by atoms with Crippen LogP contribution >= 0.6 is 0 Å². The lowest BCUT2D eigenvalue weighted by Crippen LogP contribution is -2.43. The van der Waals surface area contributed by atoms with Gasteiger partial charge in [-0.3, -0.25) is 19.4 Å². The molecule has 1 N–H and O–H groups in total. The summed E-state index contributed by atoms with van der Waals surface area (Å²) >= 11 is 0. The van der Waals surface area contributed by atoms with Crippen molar-refractivity contribution in [2.75, 3.05) is 37.0 Å². The number of carbonyl (C=O) groups excluding carboxylic acids is 1. The summed E-state index contributed by atoms with van der Waals surface area (Å²) in [7, 11) is 2.15. The molecule has 11 heteroatoms. The molecule has 3 aliphatic heterocycles. The number of benzene rings is 1.